The lowest BCUT2D eigenvalue weighted by molar-refractivity contribution is -0.118. The van der Waals surface area contributed by atoms with E-state index in [1.807, 2.05) is 6.07 Å². The van der Waals surface area contributed by atoms with Gasteiger partial charge in [0.15, 0.2) is 17.3 Å². The number of carbonyl (C=O) groups is 2. The zero-order valence-corrected chi connectivity index (χ0v) is 15.1. The van der Waals surface area contributed by atoms with Crippen molar-refractivity contribution in [2.24, 2.45) is 0 Å². The third kappa shape index (κ3) is 3.22. The molecule has 0 atom stereocenters. The Morgan fingerprint density at radius 3 is 2.42 bits per heavy atom. The second-order valence-electron chi connectivity index (χ2n) is 5.94. The molecule has 1 aliphatic heterocycles. The maximum atomic E-state index is 12.9. The molecule has 136 valence electrons. The number of ether oxygens (including phenoxy) is 3. The first kappa shape index (κ1) is 17.8. The molecule has 0 saturated heterocycles. The fourth-order valence-electron chi connectivity index (χ4n) is 3.16. The van der Waals surface area contributed by atoms with Crippen LogP contribution in [0.3, 0.4) is 0 Å². The maximum Gasteiger partial charge on any atom is 0.231 e. The average molecular weight is 355 g/mol. The number of hydrogen-bond donors (Lipinski definition) is 0. The first-order valence-corrected chi connectivity index (χ1v) is 8.30. The van der Waals surface area contributed by atoms with Crippen molar-refractivity contribution in [3.05, 3.63) is 47.5 Å². The molecule has 0 saturated carbocycles. The van der Waals surface area contributed by atoms with Gasteiger partial charge in [-0.1, -0.05) is 12.1 Å². The van der Waals surface area contributed by atoms with Gasteiger partial charge in [-0.25, -0.2) is 0 Å². The van der Waals surface area contributed by atoms with Gasteiger partial charge in [0.25, 0.3) is 0 Å². The molecule has 0 radical (unpaired) electrons. The summed E-state index contributed by atoms with van der Waals surface area (Å²) in [6, 6.07) is 10.6. The lowest BCUT2D eigenvalue weighted by Gasteiger charge is -2.30. The van der Waals surface area contributed by atoms with Gasteiger partial charge in [0.2, 0.25) is 5.91 Å². The Hall–Kier alpha value is -3.02. The van der Waals surface area contributed by atoms with Crippen molar-refractivity contribution in [1.29, 1.82) is 0 Å². The summed E-state index contributed by atoms with van der Waals surface area (Å²) in [6.45, 7) is 0.346. The molecule has 0 aromatic heterocycles. The minimum atomic E-state index is -0.101. The van der Waals surface area contributed by atoms with E-state index in [-0.39, 0.29) is 18.1 Å². The summed E-state index contributed by atoms with van der Waals surface area (Å²) >= 11 is 0. The number of carbonyl (C=O) groups excluding carboxylic acids is 2. The molecule has 3 rings (SSSR count). The largest absolute Gasteiger partial charge is 0.495 e. The van der Waals surface area contributed by atoms with Crippen LogP contribution in [0, 0.1) is 0 Å². The van der Waals surface area contributed by atoms with Crippen molar-refractivity contribution >= 4 is 17.4 Å². The highest BCUT2D eigenvalue weighted by Crippen LogP contribution is 2.36. The zero-order valence-electron chi connectivity index (χ0n) is 15.1. The number of rotatable bonds is 5. The molecule has 1 heterocycles. The standard InChI is InChI=1S/C20H21NO5/c1-24-16-8-7-13(11-18(16)26-3)12-19(23)21-10-9-15(22)14-5-4-6-17(25-2)20(14)21/h4-8,11H,9-10,12H2,1-3H3. The van der Waals surface area contributed by atoms with Crippen LogP contribution in [-0.4, -0.2) is 39.6 Å². The van der Waals surface area contributed by atoms with Crippen LogP contribution in [-0.2, 0) is 11.2 Å². The Kier molecular flexibility index (Phi) is 5.11. The minimum Gasteiger partial charge on any atom is -0.495 e. The van der Waals surface area contributed by atoms with E-state index in [0.29, 0.717) is 41.5 Å². The van der Waals surface area contributed by atoms with Crippen molar-refractivity contribution < 1.29 is 23.8 Å². The van der Waals surface area contributed by atoms with E-state index < -0.39 is 0 Å². The molecular weight excluding hydrogens is 334 g/mol. The molecule has 0 bridgehead atoms. The zero-order chi connectivity index (χ0) is 18.7. The lowest BCUT2D eigenvalue weighted by atomic mass is 9.98. The molecule has 2 aromatic carbocycles. The number of fused-ring (bicyclic) bond motifs is 1. The Balaban J connectivity index is 1.90. The number of Topliss-reactive ketones (excluding diaryl/α,β-unsaturated/α-hetero) is 1. The van der Waals surface area contributed by atoms with Crippen molar-refractivity contribution in [3.8, 4) is 17.2 Å². The predicted octanol–water partition coefficient (Wildman–Crippen LogP) is 2.87. The summed E-state index contributed by atoms with van der Waals surface area (Å²) in [4.78, 5) is 26.8. The second-order valence-corrected chi connectivity index (χ2v) is 5.94. The average Bonchev–Trinajstić information content (AvgIpc) is 2.67. The summed E-state index contributed by atoms with van der Waals surface area (Å²) in [5, 5.41) is 0. The van der Waals surface area contributed by atoms with E-state index in [1.54, 1.807) is 49.5 Å². The highest BCUT2D eigenvalue weighted by Gasteiger charge is 2.30. The fraction of sp³-hybridized carbons (Fsp3) is 0.300. The van der Waals surface area contributed by atoms with E-state index in [9.17, 15) is 9.59 Å². The first-order chi connectivity index (χ1) is 12.6. The lowest BCUT2D eigenvalue weighted by Crippen LogP contribution is -2.38. The van der Waals surface area contributed by atoms with Crippen LogP contribution in [0.25, 0.3) is 0 Å². The van der Waals surface area contributed by atoms with Crippen LogP contribution >= 0.6 is 0 Å². The van der Waals surface area contributed by atoms with Gasteiger partial charge in [-0.15, -0.1) is 0 Å². The number of benzene rings is 2. The first-order valence-electron chi connectivity index (χ1n) is 8.30. The molecule has 6 nitrogen and oxygen atoms in total. The molecule has 0 unspecified atom stereocenters. The molecular formula is C20H21NO5. The summed E-state index contributed by atoms with van der Waals surface area (Å²) in [7, 11) is 4.66. The van der Waals surface area contributed by atoms with Gasteiger partial charge in [-0.3, -0.25) is 9.59 Å². The van der Waals surface area contributed by atoms with E-state index in [1.165, 1.54) is 7.11 Å². The number of para-hydroxylation sites is 1. The Morgan fingerprint density at radius 2 is 1.73 bits per heavy atom. The monoisotopic (exact) mass is 355 g/mol. The second kappa shape index (κ2) is 7.47. The Morgan fingerprint density at radius 1 is 1.00 bits per heavy atom. The number of ketones is 1. The van der Waals surface area contributed by atoms with Crippen molar-refractivity contribution in [2.75, 3.05) is 32.8 Å². The van der Waals surface area contributed by atoms with Crippen molar-refractivity contribution in [2.45, 2.75) is 12.8 Å². The van der Waals surface area contributed by atoms with Gasteiger partial charge >= 0.3 is 0 Å². The van der Waals surface area contributed by atoms with Crippen molar-refractivity contribution in [1.82, 2.24) is 0 Å². The SMILES string of the molecule is COc1ccc(CC(=O)N2CCC(=O)c3cccc(OC)c32)cc1OC. The molecule has 0 N–H and O–H groups in total. The normalized spacial score (nSPS) is 13.2. The van der Waals surface area contributed by atoms with Crippen molar-refractivity contribution in [3.63, 3.8) is 0 Å². The van der Waals surface area contributed by atoms with E-state index in [0.717, 1.165) is 5.56 Å². The minimum absolute atomic E-state index is 0.0223. The Bertz CT molecular complexity index is 846. The highest BCUT2D eigenvalue weighted by molar-refractivity contribution is 6.10. The number of amides is 1. The van der Waals surface area contributed by atoms with Gasteiger partial charge in [-0.05, 0) is 29.8 Å². The topological polar surface area (TPSA) is 65.1 Å². The summed E-state index contributed by atoms with van der Waals surface area (Å²) in [6.07, 6.45) is 0.490. The number of anilines is 1. The van der Waals surface area contributed by atoms with Crippen LogP contribution in [0.4, 0.5) is 5.69 Å². The molecule has 1 aliphatic rings. The molecule has 0 spiro atoms. The Labute approximate surface area is 152 Å². The molecule has 6 heteroatoms. The molecule has 1 amide bonds. The van der Waals surface area contributed by atoms with Gasteiger partial charge in [0.1, 0.15) is 5.75 Å². The summed E-state index contributed by atoms with van der Waals surface area (Å²) in [5.41, 5.74) is 1.88. The molecule has 0 aliphatic carbocycles. The molecule has 2 aromatic rings. The summed E-state index contributed by atoms with van der Waals surface area (Å²) < 4.78 is 15.9. The van der Waals surface area contributed by atoms with Crippen LogP contribution in [0.2, 0.25) is 0 Å². The van der Waals surface area contributed by atoms with Crippen LogP contribution in [0.5, 0.6) is 17.2 Å². The van der Waals surface area contributed by atoms with Gasteiger partial charge in [-0.2, -0.15) is 0 Å². The quantitative estimate of drug-likeness (QED) is 0.825. The van der Waals surface area contributed by atoms with Gasteiger partial charge in [0, 0.05) is 18.5 Å². The number of methoxy groups -OCH3 is 3. The fourth-order valence-corrected chi connectivity index (χ4v) is 3.16. The highest BCUT2D eigenvalue weighted by atomic mass is 16.5. The molecule has 0 fully saturated rings. The van der Waals surface area contributed by atoms with Crippen LogP contribution < -0.4 is 19.1 Å². The van der Waals surface area contributed by atoms with E-state index in [2.05, 4.69) is 0 Å². The smallest absolute Gasteiger partial charge is 0.231 e. The van der Waals surface area contributed by atoms with Gasteiger partial charge < -0.3 is 19.1 Å². The number of hydrogen-bond acceptors (Lipinski definition) is 5. The molecule has 26 heavy (non-hydrogen) atoms. The maximum absolute atomic E-state index is 12.9. The van der Waals surface area contributed by atoms with E-state index in [4.69, 9.17) is 14.2 Å². The van der Waals surface area contributed by atoms with Gasteiger partial charge in [0.05, 0.1) is 33.4 Å². The third-order valence-electron chi connectivity index (χ3n) is 4.46. The third-order valence-corrected chi connectivity index (χ3v) is 4.46. The van der Waals surface area contributed by atoms with Crippen LogP contribution in [0.15, 0.2) is 36.4 Å². The number of nitrogens with zero attached hydrogens (tertiary/aromatic N) is 1. The van der Waals surface area contributed by atoms with E-state index >= 15 is 0 Å². The van der Waals surface area contributed by atoms with Crippen LogP contribution in [0.1, 0.15) is 22.3 Å². The summed E-state index contributed by atoms with van der Waals surface area (Å²) in [5.74, 6) is 1.63. The predicted molar refractivity (Wildman–Crippen MR) is 97.5 cm³/mol.